The molecule has 0 saturated heterocycles. The van der Waals surface area contributed by atoms with Crippen LogP contribution in [0.4, 0.5) is 28.4 Å². The lowest BCUT2D eigenvalue weighted by molar-refractivity contribution is -0.384. The summed E-state index contributed by atoms with van der Waals surface area (Å²) in [6.45, 7) is 0. The third kappa shape index (κ3) is 2.64. The number of nitro benzene ring substituents is 2. The zero-order valence-electron chi connectivity index (χ0n) is 10.1. The molecule has 2 aromatic rings. The molecule has 0 heterocycles. The monoisotopic (exact) mass is 274 g/mol. The van der Waals surface area contributed by atoms with Crippen LogP contribution in [-0.2, 0) is 0 Å². The highest BCUT2D eigenvalue weighted by Crippen LogP contribution is 2.33. The van der Waals surface area contributed by atoms with Crippen molar-refractivity contribution in [2.24, 2.45) is 0 Å². The van der Waals surface area contributed by atoms with Gasteiger partial charge in [-0.2, -0.15) is 0 Å². The number of nitrogens with zero attached hydrogens (tertiary/aromatic N) is 2. The van der Waals surface area contributed by atoms with Gasteiger partial charge in [0.2, 0.25) is 0 Å². The molecule has 8 nitrogen and oxygen atoms in total. The van der Waals surface area contributed by atoms with Gasteiger partial charge in [-0.15, -0.1) is 0 Å². The Morgan fingerprint density at radius 2 is 1.70 bits per heavy atom. The molecule has 0 radical (unpaired) electrons. The Bertz CT molecular complexity index is 687. The highest BCUT2D eigenvalue weighted by atomic mass is 16.6. The van der Waals surface area contributed by atoms with Crippen LogP contribution in [-0.4, -0.2) is 9.85 Å². The minimum absolute atomic E-state index is 0.0189. The number of rotatable bonds is 4. The first-order valence-corrected chi connectivity index (χ1v) is 5.53. The topological polar surface area (TPSA) is 124 Å². The lowest BCUT2D eigenvalue weighted by Gasteiger charge is -2.08. The van der Waals surface area contributed by atoms with E-state index in [0.717, 1.165) is 0 Å². The van der Waals surface area contributed by atoms with Crippen LogP contribution in [0.3, 0.4) is 0 Å². The molecule has 0 atom stereocenters. The summed E-state index contributed by atoms with van der Waals surface area (Å²) in [5, 5.41) is 24.4. The van der Waals surface area contributed by atoms with Crippen molar-refractivity contribution in [3.63, 3.8) is 0 Å². The maximum Gasteiger partial charge on any atom is 0.315 e. The lowest BCUT2D eigenvalue weighted by Crippen LogP contribution is -2.01. The Labute approximate surface area is 113 Å². The Balaban J connectivity index is 2.40. The number of hydrogen-bond acceptors (Lipinski definition) is 6. The molecule has 2 aromatic carbocycles. The van der Waals surface area contributed by atoms with Gasteiger partial charge in [-0.1, -0.05) is 12.1 Å². The third-order valence-corrected chi connectivity index (χ3v) is 2.59. The van der Waals surface area contributed by atoms with Crippen LogP contribution in [0.25, 0.3) is 0 Å². The van der Waals surface area contributed by atoms with Gasteiger partial charge in [0.05, 0.1) is 9.85 Å². The average Bonchev–Trinajstić information content (AvgIpc) is 2.38. The standard InChI is InChI=1S/C12H10N4O4/c13-10-5-2-6-11(12(10)16(19)20)14-8-3-1-4-9(7-8)15(17)18/h1-7,14H,13H2. The van der Waals surface area contributed by atoms with Crippen LogP contribution in [0.1, 0.15) is 0 Å². The summed E-state index contributed by atoms with van der Waals surface area (Å²) in [4.78, 5) is 20.5. The van der Waals surface area contributed by atoms with Crippen LogP contribution >= 0.6 is 0 Å². The number of benzene rings is 2. The molecule has 20 heavy (non-hydrogen) atoms. The van der Waals surface area contributed by atoms with Crippen molar-refractivity contribution in [3.05, 3.63) is 62.7 Å². The Hall–Kier alpha value is -3.16. The predicted octanol–water partition coefficient (Wildman–Crippen LogP) is 2.83. The maximum absolute atomic E-state index is 11.0. The van der Waals surface area contributed by atoms with Gasteiger partial charge in [0.1, 0.15) is 11.4 Å². The van der Waals surface area contributed by atoms with Crippen LogP contribution in [0.15, 0.2) is 42.5 Å². The molecule has 0 saturated carbocycles. The number of nitrogens with two attached hydrogens (primary N) is 1. The first kappa shape index (κ1) is 13.3. The minimum Gasteiger partial charge on any atom is -0.393 e. The molecule has 0 spiro atoms. The molecule has 0 aromatic heterocycles. The number of hydrogen-bond donors (Lipinski definition) is 2. The first-order chi connectivity index (χ1) is 9.49. The van der Waals surface area contributed by atoms with Crippen LogP contribution < -0.4 is 11.1 Å². The quantitative estimate of drug-likeness (QED) is 0.501. The molecular weight excluding hydrogens is 264 g/mol. The van der Waals surface area contributed by atoms with Gasteiger partial charge in [-0.25, -0.2) is 0 Å². The van der Waals surface area contributed by atoms with Crippen LogP contribution in [0, 0.1) is 20.2 Å². The van der Waals surface area contributed by atoms with Crippen LogP contribution in [0.5, 0.6) is 0 Å². The van der Waals surface area contributed by atoms with E-state index in [0.29, 0.717) is 5.69 Å². The number of para-hydroxylation sites is 1. The fraction of sp³-hybridized carbons (Fsp3) is 0. The zero-order chi connectivity index (χ0) is 14.7. The van der Waals surface area contributed by atoms with Crippen molar-refractivity contribution in [2.75, 3.05) is 11.1 Å². The Kier molecular flexibility index (Phi) is 3.47. The fourth-order valence-electron chi connectivity index (χ4n) is 1.72. The highest BCUT2D eigenvalue weighted by molar-refractivity contribution is 5.78. The zero-order valence-corrected chi connectivity index (χ0v) is 10.1. The first-order valence-electron chi connectivity index (χ1n) is 5.53. The van der Waals surface area contributed by atoms with Crippen molar-refractivity contribution in [1.82, 2.24) is 0 Å². The second-order valence-electron chi connectivity index (χ2n) is 3.93. The average molecular weight is 274 g/mol. The highest BCUT2D eigenvalue weighted by Gasteiger charge is 2.18. The molecule has 0 bridgehead atoms. The second kappa shape index (κ2) is 5.22. The summed E-state index contributed by atoms with van der Waals surface area (Å²) in [5.74, 6) is 0. The smallest absolute Gasteiger partial charge is 0.315 e. The lowest BCUT2D eigenvalue weighted by atomic mass is 10.2. The molecule has 0 aliphatic carbocycles. The second-order valence-corrected chi connectivity index (χ2v) is 3.93. The van der Waals surface area contributed by atoms with Gasteiger partial charge in [-0.3, -0.25) is 20.2 Å². The molecule has 8 heteroatoms. The molecule has 0 aliphatic rings. The fourth-order valence-corrected chi connectivity index (χ4v) is 1.72. The summed E-state index contributed by atoms with van der Waals surface area (Å²) >= 11 is 0. The summed E-state index contributed by atoms with van der Waals surface area (Å²) < 4.78 is 0. The molecular formula is C12H10N4O4. The van der Waals surface area contributed by atoms with Crippen LogP contribution in [0.2, 0.25) is 0 Å². The van der Waals surface area contributed by atoms with E-state index in [2.05, 4.69) is 5.32 Å². The van der Waals surface area contributed by atoms with Gasteiger partial charge in [0.15, 0.2) is 0 Å². The maximum atomic E-state index is 11.0. The summed E-state index contributed by atoms with van der Waals surface area (Å²) in [6, 6.07) is 10.1. The summed E-state index contributed by atoms with van der Waals surface area (Å²) in [7, 11) is 0. The van der Waals surface area contributed by atoms with E-state index in [9.17, 15) is 20.2 Å². The molecule has 0 fully saturated rings. The minimum atomic E-state index is -0.602. The largest absolute Gasteiger partial charge is 0.393 e. The van der Waals surface area contributed by atoms with E-state index in [1.165, 1.54) is 30.3 Å². The number of nitro groups is 2. The predicted molar refractivity (Wildman–Crippen MR) is 73.9 cm³/mol. The van der Waals surface area contributed by atoms with Crippen molar-refractivity contribution in [1.29, 1.82) is 0 Å². The van der Waals surface area contributed by atoms with E-state index in [4.69, 9.17) is 5.73 Å². The Morgan fingerprint density at radius 1 is 1.00 bits per heavy atom. The molecule has 0 unspecified atom stereocenters. The SMILES string of the molecule is Nc1cccc(Nc2cccc([N+](=O)[O-])c2)c1[N+](=O)[O-]. The third-order valence-electron chi connectivity index (χ3n) is 2.59. The normalized spacial score (nSPS) is 10.0. The van der Waals surface area contributed by atoms with Gasteiger partial charge >= 0.3 is 5.69 Å². The van der Waals surface area contributed by atoms with Crippen molar-refractivity contribution in [2.45, 2.75) is 0 Å². The van der Waals surface area contributed by atoms with Crippen molar-refractivity contribution in [3.8, 4) is 0 Å². The van der Waals surface area contributed by atoms with Gasteiger partial charge in [0, 0.05) is 17.8 Å². The molecule has 0 aliphatic heterocycles. The number of nitrogens with one attached hydrogen (secondary N) is 1. The summed E-state index contributed by atoms with van der Waals surface area (Å²) in [5.41, 5.74) is 5.75. The van der Waals surface area contributed by atoms with E-state index in [1.54, 1.807) is 12.1 Å². The van der Waals surface area contributed by atoms with Crippen molar-refractivity contribution < 1.29 is 9.85 Å². The number of nitrogen functional groups attached to an aromatic ring is 1. The molecule has 2 rings (SSSR count). The van der Waals surface area contributed by atoms with E-state index < -0.39 is 9.85 Å². The van der Waals surface area contributed by atoms with Gasteiger partial charge < -0.3 is 11.1 Å². The molecule has 0 amide bonds. The van der Waals surface area contributed by atoms with E-state index >= 15 is 0 Å². The van der Waals surface area contributed by atoms with E-state index in [-0.39, 0.29) is 22.7 Å². The number of non-ortho nitro benzene ring substituents is 1. The molecule has 102 valence electrons. The number of anilines is 3. The van der Waals surface area contributed by atoms with Gasteiger partial charge in [0.25, 0.3) is 5.69 Å². The van der Waals surface area contributed by atoms with Gasteiger partial charge in [-0.05, 0) is 18.2 Å². The summed E-state index contributed by atoms with van der Waals surface area (Å²) in [6.07, 6.45) is 0. The Morgan fingerprint density at radius 3 is 2.35 bits per heavy atom. The van der Waals surface area contributed by atoms with E-state index in [1.807, 2.05) is 0 Å². The van der Waals surface area contributed by atoms with Crippen molar-refractivity contribution >= 4 is 28.4 Å². The molecule has 3 N–H and O–H groups in total.